The number of nitrogens with one attached hydrogen (secondary N) is 1. The average molecular weight is 216 g/mol. The predicted octanol–water partition coefficient (Wildman–Crippen LogP) is 2.11. The van der Waals surface area contributed by atoms with Crippen molar-refractivity contribution in [2.75, 3.05) is 6.54 Å². The molecule has 3 heteroatoms. The van der Waals surface area contributed by atoms with Gasteiger partial charge in [0, 0.05) is 11.3 Å². The molecule has 2 fully saturated rings. The molecule has 14 heavy (non-hydrogen) atoms. The van der Waals surface area contributed by atoms with E-state index in [4.69, 9.17) is 11.6 Å². The van der Waals surface area contributed by atoms with Crippen LogP contribution in [0.15, 0.2) is 0 Å². The van der Waals surface area contributed by atoms with Crippen molar-refractivity contribution in [2.24, 2.45) is 5.92 Å². The van der Waals surface area contributed by atoms with Crippen LogP contribution in [-0.2, 0) is 4.79 Å². The molecule has 1 unspecified atom stereocenters. The van der Waals surface area contributed by atoms with E-state index in [-0.39, 0.29) is 17.3 Å². The lowest BCUT2D eigenvalue weighted by Gasteiger charge is -2.27. The van der Waals surface area contributed by atoms with Crippen molar-refractivity contribution >= 4 is 17.4 Å². The highest BCUT2D eigenvalue weighted by atomic mass is 35.5. The highest BCUT2D eigenvalue weighted by molar-refractivity contribution is 6.22. The third-order valence-corrected chi connectivity index (χ3v) is 3.97. The number of Topliss-reactive ketones (excluding diaryl/α,β-unsaturated/α-hetero) is 1. The molecule has 0 bridgehead atoms. The van der Waals surface area contributed by atoms with Gasteiger partial charge in [-0.1, -0.05) is 12.8 Å². The van der Waals surface area contributed by atoms with Crippen LogP contribution in [0.4, 0.5) is 0 Å². The van der Waals surface area contributed by atoms with Crippen molar-refractivity contribution in [2.45, 2.75) is 49.9 Å². The molecule has 2 aliphatic rings. The molecule has 0 aromatic rings. The third kappa shape index (κ3) is 2.12. The quantitative estimate of drug-likeness (QED) is 0.715. The van der Waals surface area contributed by atoms with Crippen LogP contribution in [-0.4, -0.2) is 23.7 Å². The van der Waals surface area contributed by atoms with Crippen molar-refractivity contribution in [1.82, 2.24) is 5.32 Å². The van der Waals surface area contributed by atoms with Crippen LogP contribution in [0.2, 0.25) is 0 Å². The smallest absolute Gasteiger partial charge is 0.154 e. The molecule has 1 N–H and O–H groups in total. The van der Waals surface area contributed by atoms with Gasteiger partial charge in [-0.05, 0) is 32.2 Å². The Morgan fingerprint density at radius 3 is 2.57 bits per heavy atom. The van der Waals surface area contributed by atoms with Crippen molar-refractivity contribution < 1.29 is 4.79 Å². The number of alkyl halides is 1. The number of carbonyl (C=O) groups is 1. The zero-order valence-corrected chi connectivity index (χ0v) is 9.22. The number of hydrogen-bond donors (Lipinski definition) is 1. The van der Waals surface area contributed by atoms with Gasteiger partial charge in [0.15, 0.2) is 5.78 Å². The molecule has 0 aromatic carbocycles. The lowest BCUT2D eigenvalue weighted by molar-refractivity contribution is -0.125. The Labute approximate surface area is 90.4 Å². The van der Waals surface area contributed by atoms with Gasteiger partial charge in [0.2, 0.25) is 0 Å². The van der Waals surface area contributed by atoms with Crippen molar-refractivity contribution in [3.63, 3.8) is 0 Å². The molecule has 80 valence electrons. The maximum Gasteiger partial charge on any atom is 0.154 e. The van der Waals surface area contributed by atoms with Gasteiger partial charge in [0.05, 0.1) is 6.04 Å². The minimum atomic E-state index is 0.0960. The molecule has 0 amide bonds. The first-order chi connectivity index (χ1) is 6.79. The summed E-state index contributed by atoms with van der Waals surface area (Å²) in [4.78, 5) is 12.1. The van der Waals surface area contributed by atoms with E-state index in [9.17, 15) is 4.79 Å². The second-order valence-corrected chi connectivity index (χ2v) is 5.02. The van der Waals surface area contributed by atoms with Crippen LogP contribution in [0.5, 0.6) is 0 Å². The number of hydrogen-bond acceptors (Lipinski definition) is 2. The Morgan fingerprint density at radius 2 is 1.93 bits per heavy atom. The van der Waals surface area contributed by atoms with Gasteiger partial charge in [-0.15, -0.1) is 11.6 Å². The van der Waals surface area contributed by atoms with E-state index in [0.29, 0.717) is 5.78 Å². The molecule has 0 radical (unpaired) electrons. The fourth-order valence-corrected chi connectivity index (χ4v) is 3.00. The molecule has 1 aliphatic carbocycles. The van der Waals surface area contributed by atoms with Crippen LogP contribution in [0.25, 0.3) is 0 Å². The van der Waals surface area contributed by atoms with Gasteiger partial charge in [-0.2, -0.15) is 0 Å². The second kappa shape index (κ2) is 4.63. The highest BCUT2D eigenvalue weighted by Gasteiger charge is 2.34. The summed E-state index contributed by atoms with van der Waals surface area (Å²) in [5.74, 6) is 0.503. The van der Waals surface area contributed by atoms with Gasteiger partial charge in [-0.25, -0.2) is 0 Å². The minimum absolute atomic E-state index is 0.0960. The van der Waals surface area contributed by atoms with E-state index in [0.717, 1.165) is 32.2 Å². The van der Waals surface area contributed by atoms with Crippen LogP contribution in [0, 0.1) is 5.92 Å². The van der Waals surface area contributed by atoms with Gasteiger partial charge in [-0.3, -0.25) is 4.79 Å². The monoisotopic (exact) mass is 215 g/mol. The fourth-order valence-electron chi connectivity index (χ4n) is 2.59. The maximum atomic E-state index is 12.1. The predicted molar refractivity (Wildman–Crippen MR) is 57.6 cm³/mol. The Bertz CT molecular complexity index is 213. The summed E-state index contributed by atoms with van der Waals surface area (Å²) >= 11 is 6.21. The number of halogens is 1. The molecular formula is C11H18ClNO. The zero-order valence-electron chi connectivity index (χ0n) is 8.47. The van der Waals surface area contributed by atoms with E-state index in [1.807, 2.05) is 0 Å². The number of ketones is 1. The van der Waals surface area contributed by atoms with Gasteiger partial charge in [0.1, 0.15) is 0 Å². The Balaban J connectivity index is 1.94. The van der Waals surface area contributed by atoms with E-state index < -0.39 is 0 Å². The number of carbonyl (C=O) groups excluding carboxylic acids is 1. The summed E-state index contributed by atoms with van der Waals surface area (Å²) in [5, 5.41) is 3.36. The van der Waals surface area contributed by atoms with Gasteiger partial charge >= 0.3 is 0 Å². The largest absolute Gasteiger partial charge is 0.307 e. The Hall–Kier alpha value is -0.0800. The zero-order chi connectivity index (χ0) is 9.97. The molecule has 2 rings (SSSR count). The summed E-state index contributed by atoms with van der Waals surface area (Å²) in [7, 11) is 0. The van der Waals surface area contributed by atoms with Crippen LogP contribution in [0.1, 0.15) is 38.5 Å². The molecule has 1 aliphatic heterocycles. The Kier molecular flexibility index (Phi) is 3.45. The lowest BCUT2D eigenvalue weighted by Crippen LogP contribution is -2.40. The average Bonchev–Trinajstić information content (AvgIpc) is 2.70. The Morgan fingerprint density at radius 1 is 1.14 bits per heavy atom. The molecular weight excluding hydrogens is 198 g/mol. The first-order valence-electron chi connectivity index (χ1n) is 5.70. The van der Waals surface area contributed by atoms with Crippen molar-refractivity contribution in [3.8, 4) is 0 Å². The first-order valence-corrected chi connectivity index (χ1v) is 6.14. The minimum Gasteiger partial charge on any atom is -0.307 e. The van der Waals surface area contributed by atoms with Crippen molar-refractivity contribution in [1.29, 1.82) is 0 Å². The first kappa shape index (κ1) is 10.4. The molecule has 0 spiro atoms. The summed E-state index contributed by atoms with van der Waals surface area (Å²) in [6, 6.07) is 0.111. The summed E-state index contributed by atoms with van der Waals surface area (Å²) in [6.45, 7) is 0.996. The maximum absolute atomic E-state index is 12.1. The summed E-state index contributed by atoms with van der Waals surface area (Å²) < 4.78 is 0. The third-order valence-electron chi connectivity index (χ3n) is 3.45. The van der Waals surface area contributed by atoms with Crippen LogP contribution >= 0.6 is 11.6 Å². The summed E-state index contributed by atoms with van der Waals surface area (Å²) in [6.07, 6.45) is 6.53. The van der Waals surface area contributed by atoms with Crippen molar-refractivity contribution in [3.05, 3.63) is 0 Å². The molecule has 1 saturated heterocycles. The van der Waals surface area contributed by atoms with Gasteiger partial charge in [0.25, 0.3) is 0 Å². The SMILES string of the molecule is O=C([C@@H]1CCCN1)[C@@H]1CCCCC1Cl. The normalized spacial score (nSPS) is 38.5. The van der Waals surface area contributed by atoms with Crippen LogP contribution in [0.3, 0.4) is 0 Å². The highest BCUT2D eigenvalue weighted by Crippen LogP contribution is 2.31. The standard InChI is InChI=1S/C11H18ClNO/c12-9-5-2-1-4-8(9)11(14)10-6-3-7-13-10/h8-10,13H,1-7H2/t8-,9?,10+/m1/s1. The molecule has 0 aromatic heterocycles. The topological polar surface area (TPSA) is 29.1 Å². The van der Waals surface area contributed by atoms with E-state index in [2.05, 4.69) is 5.32 Å². The van der Waals surface area contributed by atoms with Crippen LogP contribution < -0.4 is 5.32 Å². The molecule has 1 heterocycles. The molecule has 1 saturated carbocycles. The molecule has 2 nitrogen and oxygen atoms in total. The van der Waals surface area contributed by atoms with E-state index >= 15 is 0 Å². The van der Waals surface area contributed by atoms with E-state index in [1.54, 1.807) is 0 Å². The summed E-state index contributed by atoms with van der Waals surface area (Å²) in [5.41, 5.74) is 0. The molecule has 3 atom stereocenters. The fraction of sp³-hybridized carbons (Fsp3) is 0.909. The van der Waals surface area contributed by atoms with Gasteiger partial charge < -0.3 is 5.32 Å². The number of rotatable bonds is 2. The lowest BCUT2D eigenvalue weighted by atomic mass is 9.83. The van der Waals surface area contributed by atoms with E-state index in [1.165, 1.54) is 12.8 Å². The second-order valence-electron chi connectivity index (χ2n) is 4.46.